The Balaban J connectivity index is 1.30. The van der Waals surface area contributed by atoms with Crippen LogP contribution in [0.15, 0.2) is 54.9 Å². The lowest BCUT2D eigenvalue weighted by Gasteiger charge is -2.37. The van der Waals surface area contributed by atoms with Crippen LogP contribution >= 0.6 is 0 Å². The van der Waals surface area contributed by atoms with E-state index in [1.165, 1.54) is 29.2 Å². The van der Waals surface area contributed by atoms with Crippen molar-refractivity contribution in [2.24, 2.45) is 5.92 Å². The molecule has 1 amide bonds. The molecule has 0 aliphatic carbocycles. The number of halogens is 3. The Morgan fingerprint density at radius 3 is 2.45 bits per heavy atom. The number of benzene rings is 2. The molecule has 5 rings (SSSR count). The summed E-state index contributed by atoms with van der Waals surface area (Å²) in [5.41, 5.74) is 1.34. The van der Waals surface area contributed by atoms with Gasteiger partial charge in [-0.25, -0.2) is 9.59 Å². The van der Waals surface area contributed by atoms with Crippen LogP contribution in [0.3, 0.4) is 0 Å². The second kappa shape index (κ2) is 10.6. The lowest BCUT2D eigenvalue weighted by atomic mass is 9.90. The van der Waals surface area contributed by atoms with E-state index in [1.807, 2.05) is 10.9 Å². The van der Waals surface area contributed by atoms with Crippen LogP contribution in [-0.4, -0.2) is 57.1 Å². The number of aromatic nitrogens is 2. The molecule has 2 aliphatic heterocycles. The molecule has 1 aromatic heterocycles. The monoisotopic (exact) mass is 556 g/mol. The number of carbonyl (C=O) groups excluding carboxylic acids is 1. The van der Waals surface area contributed by atoms with Crippen LogP contribution in [0.4, 0.5) is 23.7 Å². The van der Waals surface area contributed by atoms with Crippen molar-refractivity contribution < 1.29 is 32.6 Å². The second-order valence-corrected chi connectivity index (χ2v) is 11.0. The van der Waals surface area contributed by atoms with Crippen molar-refractivity contribution in [1.29, 1.82) is 0 Å². The highest BCUT2D eigenvalue weighted by Crippen LogP contribution is 2.38. The van der Waals surface area contributed by atoms with E-state index in [0.717, 1.165) is 11.6 Å². The quantitative estimate of drug-likeness (QED) is 0.389. The molecule has 0 atom stereocenters. The van der Waals surface area contributed by atoms with E-state index in [9.17, 15) is 22.8 Å². The molecule has 2 saturated heterocycles. The number of nitrogens with zero attached hydrogens (tertiary/aromatic N) is 4. The minimum Gasteiger partial charge on any atom is -0.478 e. The second-order valence-electron chi connectivity index (χ2n) is 11.0. The standard InChI is InChI=1S/C29H31F3N4O4/c1-19(2)15-35-17-22(14-33-35)25-8-5-23(29(30,31)32)13-21(25)16-34-11-9-28(10-12-34)18-36(27(39)40-28)24-6-3-20(4-7-24)26(37)38/h3-8,13-14,17,19H,9-12,15-16,18H2,1-2H3,(H,37,38). The Hall–Kier alpha value is -3.86. The molecule has 0 bridgehead atoms. The molecule has 2 aromatic carbocycles. The largest absolute Gasteiger partial charge is 0.478 e. The number of likely N-dealkylation sites (tertiary alicyclic amines) is 1. The van der Waals surface area contributed by atoms with Gasteiger partial charge >= 0.3 is 18.2 Å². The number of ether oxygens (including phenoxy) is 1. The van der Waals surface area contributed by atoms with Crippen LogP contribution in [0.1, 0.15) is 48.2 Å². The maximum atomic E-state index is 13.6. The van der Waals surface area contributed by atoms with Crippen LogP contribution in [0, 0.1) is 5.92 Å². The first kappa shape index (κ1) is 27.7. The number of aromatic carboxylic acids is 1. The summed E-state index contributed by atoms with van der Waals surface area (Å²) in [6.45, 7) is 6.59. The van der Waals surface area contributed by atoms with Gasteiger partial charge in [0.2, 0.25) is 0 Å². The molecule has 40 heavy (non-hydrogen) atoms. The Labute approximate surface area is 229 Å². The van der Waals surface area contributed by atoms with Gasteiger partial charge in [0.15, 0.2) is 0 Å². The molecule has 3 heterocycles. The van der Waals surface area contributed by atoms with Crippen molar-refractivity contribution in [1.82, 2.24) is 14.7 Å². The van der Waals surface area contributed by atoms with E-state index in [1.54, 1.807) is 18.3 Å². The van der Waals surface area contributed by atoms with E-state index in [4.69, 9.17) is 9.84 Å². The Kier molecular flexibility index (Phi) is 7.34. The predicted molar refractivity (Wildman–Crippen MR) is 142 cm³/mol. The van der Waals surface area contributed by atoms with Crippen molar-refractivity contribution in [3.05, 3.63) is 71.5 Å². The predicted octanol–water partition coefficient (Wildman–Crippen LogP) is 5.91. The van der Waals surface area contributed by atoms with Crippen LogP contribution in [-0.2, 0) is 24.0 Å². The van der Waals surface area contributed by atoms with Gasteiger partial charge in [-0.1, -0.05) is 19.9 Å². The van der Waals surface area contributed by atoms with Gasteiger partial charge in [-0.05, 0) is 53.4 Å². The topological polar surface area (TPSA) is 87.9 Å². The van der Waals surface area contributed by atoms with Gasteiger partial charge in [0, 0.05) is 56.5 Å². The molecule has 2 aliphatic rings. The third kappa shape index (κ3) is 5.84. The first-order valence-electron chi connectivity index (χ1n) is 13.2. The van der Waals surface area contributed by atoms with Crippen LogP contribution < -0.4 is 4.90 Å². The molecule has 212 valence electrons. The van der Waals surface area contributed by atoms with Crippen molar-refractivity contribution in [3.8, 4) is 11.1 Å². The maximum Gasteiger partial charge on any atom is 0.416 e. The number of rotatable bonds is 7. The highest BCUT2D eigenvalue weighted by molar-refractivity contribution is 5.92. The molecule has 1 N–H and O–H groups in total. The van der Waals surface area contributed by atoms with Gasteiger partial charge in [-0.15, -0.1) is 0 Å². The minimum absolute atomic E-state index is 0.126. The summed E-state index contributed by atoms with van der Waals surface area (Å²) in [5, 5.41) is 13.5. The summed E-state index contributed by atoms with van der Waals surface area (Å²) < 4.78 is 48.4. The number of hydrogen-bond acceptors (Lipinski definition) is 5. The number of carboxylic acid groups (broad SMARTS) is 1. The average Bonchev–Trinajstić information content (AvgIpc) is 3.48. The summed E-state index contributed by atoms with van der Waals surface area (Å²) in [7, 11) is 0. The Morgan fingerprint density at radius 1 is 1.12 bits per heavy atom. The molecule has 0 saturated carbocycles. The molecule has 0 radical (unpaired) electrons. The zero-order chi connectivity index (χ0) is 28.7. The zero-order valence-corrected chi connectivity index (χ0v) is 22.3. The average molecular weight is 557 g/mol. The highest BCUT2D eigenvalue weighted by atomic mass is 19.4. The van der Waals surface area contributed by atoms with Crippen LogP contribution in [0.2, 0.25) is 0 Å². The van der Waals surface area contributed by atoms with Gasteiger partial charge in [-0.3, -0.25) is 14.5 Å². The first-order valence-corrected chi connectivity index (χ1v) is 13.2. The third-order valence-electron chi connectivity index (χ3n) is 7.49. The van der Waals surface area contributed by atoms with Crippen molar-refractivity contribution >= 4 is 17.7 Å². The molecule has 0 unspecified atom stereocenters. The Bertz CT molecular complexity index is 1390. The molecule has 2 fully saturated rings. The summed E-state index contributed by atoms with van der Waals surface area (Å²) >= 11 is 0. The fourth-order valence-electron chi connectivity index (χ4n) is 5.38. The number of carbonyl (C=O) groups is 2. The number of alkyl halides is 3. The fraction of sp³-hybridized carbons (Fsp3) is 0.414. The number of piperidine rings is 1. The van der Waals surface area contributed by atoms with Crippen LogP contribution in [0.5, 0.6) is 0 Å². The fourth-order valence-corrected chi connectivity index (χ4v) is 5.38. The van der Waals surface area contributed by atoms with Gasteiger partial charge in [0.1, 0.15) is 5.60 Å². The smallest absolute Gasteiger partial charge is 0.416 e. The Morgan fingerprint density at radius 2 is 1.82 bits per heavy atom. The zero-order valence-electron chi connectivity index (χ0n) is 22.3. The molecule has 1 spiro atoms. The van der Waals surface area contributed by atoms with Crippen molar-refractivity contribution in [2.75, 3.05) is 24.5 Å². The third-order valence-corrected chi connectivity index (χ3v) is 7.49. The van der Waals surface area contributed by atoms with E-state index in [-0.39, 0.29) is 5.56 Å². The number of carboxylic acids is 1. The lowest BCUT2D eigenvalue weighted by molar-refractivity contribution is -0.137. The van der Waals surface area contributed by atoms with Gasteiger partial charge in [0.25, 0.3) is 0 Å². The highest BCUT2D eigenvalue weighted by Gasteiger charge is 2.47. The number of anilines is 1. The van der Waals surface area contributed by atoms with Gasteiger partial charge in [-0.2, -0.15) is 18.3 Å². The SMILES string of the molecule is CC(C)Cn1cc(-c2ccc(C(F)(F)F)cc2CN2CCC3(CC2)CN(c2ccc(C(=O)O)cc2)C(=O)O3)cn1. The van der Waals surface area contributed by atoms with Crippen molar-refractivity contribution in [2.45, 2.75) is 51.6 Å². The maximum absolute atomic E-state index is 13.6. The molecule has 8 nitrogen and oxygen atoms in total. The first-order chi connectivity index (χ1) is 18.9. The summed E-state index contributed by atoms with van der Waals surface area (Å²) in [6.07, 6.45) is -0.325. The van der Waals surface area contributed by atoms with E-state index >= 15 is 0 Å². The van der Waals surface area contributed by atoms with E-state index in [0.29, 0.717) is 68.3 Å². The number of amides is 1. The lowest BCUT2D eigenvalue weighted by Crippen LogP contribution is -2.46. The summed E-state index contributed by atoms with van der Waals surface area (Å²) in [6, 6.07) is 9.90. The van der Waals surface area contributed by atoms with Crippen molar-refractivity contribution in [3.63, 3.8) is 0 Å². The normalized spacial score (nSPS) is 17.6. The molecular formula is C29H31F3N4O4. The van der Waals surface area contributed by atoms with E-state index in [2.05, 4.69) is 23.8 Å². The van der Waals surface area contributed by atoms with Crippen LogP contribution in [0.25, 0.3) is 11.1 Å². The van der Waals surface area contributed by atoms with Gasteiger partial charge in [0.05, 0.1) is 23.9 Å². The minimum atomic E-state index is -4.45. The van der Waals surface area contributed by atoms with E-state index < -0.39 is 29.4 Å². The summed E-state index contributed by atoms with van der Waals surface area (Å²) in [4.78, 5) is 27.4. The van der Waals surface area contributed by atoms with Gasteiger partial charge < -0.3 is 9.84 Å². The molecular weight excluding hydrogens is 525 g/mol. The summed E-state index contributed by atoms with van der Waals surface area (Å²) in [5.74, 6) is -0.669. The number of hydrogen-bond donors (Lipinski definition) is 1. The molecule has 11 heteroatoms. The molecule has 3 aromatic rings.